The third-order valence-corrected chi connectivity index (χ3v) is 4.18. The summed E-state index contributed by atoms with van der Waals surface area (Å²) in [6.45, 7) is 11.5. The van der Waals surface area contributed by atoms with E-state index < -0.39 is 35.7 Å². The summed E-state index contributed by atoms with van der Waals surface area (Å²) in [5.41, 5.74) is -1.06. The molecule has 3 fully saturated rings. The van der Waals surface area contributed by atoms with Gasteiger partial charge >= 0.3 is 130 Å². The second kappa shape index (κ2) is 5.11. The molecule has 3 saturated heterocycles. The van der Waals surface area contributed by atoms with Crippen molar-refractivity contribution in [2.45, 2.75) is 69.5 Å². The van der Waals surface area contributed by atoms with Crippen molar-refractivity contribution in [3.8, 4) is 0 Å². The summed E-state index contributed by atoms with van der Waals surface area (Å²) in [5, 5.41) is 7.37. The van der Waals surface area contributed by atoms with Crippen LogP contribution in [0.25, 0.3) is 0 Å². The molecule has 0 amide bonds. The molecule has 0 aromatic carbocycles. The minimum absolute atomic E-state index is 0.359. The minimum atomic E-state index is -1.06. The van der Waals surface area contributed by atoms with Crippen LogP contribution in [0.2, 0.25) is 0 Å². The molecule has 0 radical (unpaired) electrons. The van der Waals surface area contributed by atoms with Crippen LogP contribution in [0.1, 0.15) is 27.7 Å². The molecule has 1 N–H and O–H groups in total. The molecule has 122 valence electrons. The van der Waals surface area contributed by atoms with E-state index in [1.54, 1.807) is 19.9 Å². The number of rotatable bonds is 4. The van der Waals surface area contributed by atoms with Gasteiger partial charge in [-0.1, -0.05) is 0 Å². The average molecular weight is 311 g/mol. The van der Waals surface area contributed by atoms with Gasteiger partial charge < -0.3 is 0 Å². The summed E-state index contributed by atoms with van der Waals surface area (Å²) >= 11 is 0. The molecule has 3 aliphatic heterocycles. The van der Waals surface area contributed by atoms with E-state index in [-0.39, 0.29) is 6.10 Å². The molecule has 5 atom stereocenters. The van der Waals surface area contributed by atoms with Crippen molar-refractivity contribution in [1.82, 2.24) is 0 Å². The molecule has 0 aliphatic carbocycles. The zero-order valence-corrected chi connectivity index (χ0v) is 13.3. The molecule has 0 bridgehead atoms. The molecule has 3 aliphatic rings. The molecule has 8 heteroatoms. The van der Waals surface area contributed by atoms with Gasteiger partial charge in [-0.2, -0.15) is 0 Å². The van der Waals surface area contributed by atoms with E-state index in [9.17, 15) is 0 Å². The van der Waals surface area contributed by atoms with Gasteiger partial charge in [0.25, 0.3) is 0 Å². The van der Waals surface area contributed by atoms with E-state index >= 15 is 0 Å². The van der Waals surface area contributed by atoms with E-state index in [0.717, 1.165) is 7.27 Å². The number of nitrogens with one attached hydrogen (secondary N) is 1. The molecule has 0 saturated carbocycles. The molecule has 0 aromatic rings. The van der Waals surface area contributed by atoms with Gasteiger partial charge in [-0.3, -0.25) is 0 Å². The van der Waals surface area contributed by atoms with Crippen molar-refractivity contribution < 1.29 is 28.3 Å². The predicted octanol–water partition coefficient (Wildman–Crippen LogP) is 1.34. The summed E-state index contributed by atoms with van der Waals surface area (Å²) in [7, 11) is 0.871. The summed E-state index contributed by atoms with van der Waals surface area (Å²) < 4.78 is 34.8. The fourth-order valence-corrected chi connectivity index (χ4v) is 3.31. The first-order valence-corrected chi connectivity index (χ1v) is 7.36. The SMILES string of the molecule is C=C[C@@]1(OB=N)[C@@H]([C@H]2COC(C)(C)O2)O[C@@H]2OC(C)(C)O[C@@H]21. The number of fused-ring (bicyclic) bond motifs is 1. The van der Waals surface area contributed by atoms with E-state index in [1.165, 1.54) is 0 Å². The fraction of sp³-hybridized carbons (Fsp3) is 0.857. The Morgan fingerprint density at radius 3 is 2.41 bits per heavy atom. The van der Waals surface area contributed by atoms with E-state index in [2.05, 4.69) is 6.58 Å². The van der Waals surface area contributed by atoms with Crippen LogP contribution in [0.5, 0.6) is 0 Å². The van der Waals surface area contributed by atoms with Crippen molar-refractivity contribution in [1.29, 1.82) is 5.31 Å². The van der Waals surface area contributed by atoms with Gasteiger partial charge in [-0.25, -0.2) is 0 Å². The van der Waals surface area contributed by atoms with Gasteiger partial charge in [0.15, 0.2) is 0 Å². The second-order valence-corrected chi connectivity index (χ2v) is 6.64. The van der Waals surface area contributed by atoms with Crippen molar-refractivity contribution >= 4 is 7.27 Å². The first-order valence-electron chi connectivity index (χ1n) is 7.36. The molecule has 22 heavy (non-hydrogen) atoms. The van der Waals surface area contributed by atoms with E-state index in [1.807, 2.05) is 13.8 Å². The molecule has 3 rings (SSSR count). The topological polar surface area (TPSA) is 79.2 Å². The van der Waals surface area contributed by atoms with Crippen molar-refractivity contribution in [2.75, 3.05) is 6.61 Å². The Morgan fingerprint density at radius 2 is 1.86 bits per heavy atom. The average Bonchev–Trinajstić information content (AvgIpc) is 3.00. The van der Waals surface area contributed by atoms with Gasteiger partial charge in [0.1, 0.15) is 0 Å². The monoisotopic (exact) mass is 311 g/mol. The third-order valence-electron chi connectivity index (χ3n) is 4.18. The molecular weight excluding hydrogens is 289 g/mol. The van der Waals surface area contributed by atoms with Gasteiger partial charge in [-0.15, -0.1) is 0 Å². The quantitative estimate of drug-likeness (QED) is 0.623. The van der Waals surface area contributed by atoms with Crippen molar-refractivity contribution in [3.63, 3.8) is 0 Å². The first kappa shape index (κ1) is 16.1. The maximum atomic E-state index is 7.37. The van der Waals surface area contributed by atoms with Crippen LogP contribution in [-0.4, -0.2) is 55.7 Å². The molecule has 0 unspecified atom stereocenters. The van der Waals surface area contributed by atoms with Crippen LogP contribution in [0, 0.1) is 5.31 Å². The van der Waals surface area contributed by atoms with Gasteiger partial charge in [-0.05, 0) is 0 Å². The Morgan fingerprint density at radius 1 is 1.14 bits per heavy atom. The zero-order chi connectivity index (χ0) is 16.2. The van der Waals surface area contributed by atoms with Crippen LogP contribution >= 0.6 is 0 Å². The van der Waals surface area contributed by atoms with Crippen LogP contribution in [-0.2, 0) is 28.3 Å². The first-order chi connectivity index (χ1) is 10.2. The summed E-state index contributed by atoms with van der Waals surface area (Å²) in [5.74, 6) is -1.48. The number of hydrogen-bond donors (Lipinski definition) is 1. The fourth-order valence-electron chi connectivity index (χ4n) is 3.31. The molecular formula is C14H22BNO6. The third kappa shape index (κ3) is 2.43. The number of ether oxygens (including phenoxy) is 5. The zero-order valence-electron chi connectivity index (χ0n) is 13.3. The van der Waals surface area contributed by atoms with Gasteiger partial charge in [0, 0.05) is 0 Å². The molecule has 3 heterocycles. The van der Waals surface area contributed by atoms with Crippen molar-refractivity contribution in [3.05, 3.63) is 12.7 Å². The van der Waals surface area contributed by atoms with Gasteiger partial charge in [0.05, 0.1) is 0 Å². The van der Waals surface area contributed by atoms with Crippen LogP contribution in [0.4, 0.5) is 0 Å². The van der Waals surface area contributed by atoms with Crippen LogP contribution in [0.15, 0.2) is 12.7 Å². The summed E-state index contributed by atoms with van der Waals surface area (Å²) in [4.78, 5) is 0. The molecule has 7 nitrogen and oxygen atoms in total. The van der Waals surface area contributed by atoms with Gasteiger partial charge in [0.2, 0.25) is 0 Å². The predicted molar refractivity (Wildman–Crippen MR) is 76.1 cm³/mol. The summed E-state index contributed by atoms with van der Waals surface area (Å²) in [6.07, 6.45) is -0.440. The van der Waals surface area contributed by atoms with Crippen LogP contribution < -0.4 is 0 Å². The maximum absolute atomic E-state index is 7.37. The Labute approximate surface area is 130 Å². The Balaban J connectivity index is 1.91. The molecule has 0 aromatic heterocycles. The molecule has 0 spiro atoms. The normalized spacial score (nSPS) is 45.3. The number of hydrogen-bond acceptors (Lipinski definition) is 7. The Hall–Kier alpha value is -0.795. The van der Waals surface area contributed by atoms with E-state index in [4.69, 9.17) is 33.7 Å². The van der Waals surface area contributed by atoms with E-state index in [0.29, 0.717) is 6.61 Å². The van der Waals surface area contributed by atoms with Crippen molar-refractivity contribution in [2.24, 2.45) is 0 Å². The second-order valence-electron chi connectivity index (χ2n) is 6.64. The Bertz CT molecular complexity index is 484. The van der Waals surface area contributed by atoms with Crippen LogP contribution in [0.3, 0.4) is 0 Å². The Kier molecular flexibility index (Phi) is 3.73. The standard InChI is InChI=1S/C14H22BNO6/c1-6-14(22-15-16)9(8-7-17-12(2,3)19-8)18-11-10(14)20-13(4,5)21-11/h6,8-11,16H,1,7H2,2-5H3/t8-,9-,10+,11-,14-/m1/s1. The summed E-state index contributed by atoms with van der Waals surface area (Å²) in [6, 6.07) is 0.